The van der Waals surface area contributed by atoms with Gasteiger partial charge in [0.25, 0.3) is 5.92 Å². The third-order valence-corrected chi connectivity index (χ3v) is 9.32. The summed E-state index contributed by atoms with van der Waals surface area (Å²) in [5, 5.41) is 6.80. The number of aromatic nitrogens is 4. The van der Waals surface area contributed by atoms with Gasteiger partial charge in [-0.3, -0.25) is 9.59 Å². The third-order valence-electron chi connectivity index (χ3n) is 9.32. The molecule has 0 saturated carbocycles. The van der Waals surface area contributed by atoms with Crippen LogP contribution in [0.15, 0.2) is 48.5 Å². The minimum Gasteiger partial charge on any atom is -0.453 e. The first-order chi connectivity index (χ1) is 25.2. The van der Waals surface area contributed by atoms with E-state index in [0.29, 0.717) is 36.2 Å². The van der Waals surface area contributed by atoms with Crippen molar-refractivity contribution in [2.45, 2.75) is 58.2 Å². The van der Waals surface area contributed by atoms with Gasteiger partial charge in [-0.2, -0.15) is 0 Å². The standard InChI is InChI=1S/C37H42F2N8O6/c1-20(2)31(45-36(51)53-5)34(49)47-14-6-7-28(47)33-43-26-13-10-23-15-21(8-11-24(23)32(26)44-33)22-9-12-25-27(16-22)42-29(41-25)18-46(19-37(3,38)39)30(48)17-40-35(50)52-4/h8-13,15-16,20,28,31H,6-7,14,17-19H2,1-5H3,(H,40,50)(H,41,42)(H,43,44)(H,45,51)/t28-,31?/m0/s1. The van der Waals surface area contributed by atoms with Crippen LogP contribution >= 0.6 is 0 Å². The Morgan fingerprint density at radius 1 is 0.981 bits per heavy atom. The molecule has 4 amide bonds. The van der Waals surface area contributed by atoms with Crippen molar-refractivity contribution in [3.63, 3.8) is 0 Å². The summed E-state index contributed by atoms with van der Waals surface area (Å²) in [6.07, 6.45) is 0.0469. The molecule has 2 atom stereocenters. The van der Waals surface area contributed by atoms with E-state index >= 15 is 0 Å². The van der Waals surface area contributed by atoms with Crippen LogP contribution in [0.3, 0.4) is 0 Å². The summed E-state index contributed by atoms with van der Waals surface area (Å²) in [7, 11) is 2.41. The van der Waals surface area contributed by atoms with Crippen molar-refractivity contribution < 1.29 is 37.4 Å². The van der Waals surface area contributed by atoms with Crippen molar-refractivity contribution in [1.82, 2.24) is 40.4 Å². The van der Waals surface area contributed by atoms with Crippen LogP contribution in [0.2, 0.25) is 0 Å². The molecule has 3 heterocycles. The van der Waals surface area contributed by atoms with Crippen LogP contribution in [0.1, 0.15) is 51.3 Å². The van der Waals surface area contributed by atoms with Gasteiger partial charge in [-0.05, 0) is 59.5 Å². The molecule has 2 aromatic heterocycles. The number of carbonyl (C=O) groups excluding carboxylic acids is 4. The van der Waals surface area contributed by atoms with Crippen LogP contribution < -0.4 is 10.6 Å². The molecule has 0 radical (unpaired) electrons. The van der Waals surface area contributed by atoms with Gasteiger partial charge in [-0.25, -0.2) is 28.3 Å². The monoisotopic (exact) mass is 732 g/mol. The Labute approximate surface area is 303 Å². The molecule has 280 valence electrons. The summed E-state index contributed by atoms with van der Waals surface area (Å²) in [6, 6.07) is 14.7. The van der Waals surface area contributed by atoms with Crippen molar-refractivity contribution >= 4 is 56.8 Å². The highest BCUT2D eigenvalue weighted by molar-refractivity contribution is 6.05. The molecule has 0 aliphatic carbocycles. The van der Waals surface area contributed by atoms with Gasteiger partial charge in [0, 0.05) is 18.9 Å². The number of methoxy groups -OCH3 is 2. The van der Waals surface area contributed by atoms with E-state index in [1.807, 2.05) is 56.3 Å². The lowest BCUT2D eigenvalue weighted by molar-refractivity contribution is -0.136. The number of rotatable bonds is 11. The average Bonchev–Trinajstić information content (AvgIpc) is 3.89. The van der Waals surface area contributed by atoms with Crippen molar-refractivity contribution in [2.24, 2.45) is 5.92 Å². The highest BCUT2D eigenvalue weighted by Crippen LogP contribution is 2.35. The number of hydrogen-bond acceptors (Lipinski definition) is 8. The minimum atomic E-state index is -3.17. The molecular weight excluding hydrogens is 690 g/mol. The highest BCUT2D eigenvalue weighted by Gasteiger charge is 2.37. The van der Waals surface area contributed by atoms with E-state index in [1.165, 1.54) is 7.11 Å². The Balaban J connectivity index is 1.23. The van der Waals surface area contributed by atoms with Crippen LogP contribution in [-0.2, 0) is 25.6 Å². The average molecular weight is 733 g/mol. The van der Waals surface area contributed by atoms with E-state index in [-0.39, 0.29) is 24.4 Å². The van der Waals surface area contributed by atoms with Crippen molar-refractivity contribution in [3.05, 3.63) is 60.2 Å². The largest absolute Gasteiger partial charge is 0.453 e. The van der Waals surface area contributed by atoms with E-state index in [0.717, 1.165) is 57.8 Å². The summed E-state index contributed by atoms with van der Waals surface area (Å²) in [4.78, 5) is 68.6. The fraction of sp³-hybridized carbons (Fsp3) is 0.405. The highest BCUT2D eigenvalue weighted by atomic mass is 19.3. The molecule has 3 aromatic carbocycles. The van der Waals surface area contributed by atoms with E-state index in [2.05, 4.69) is 36.4 Å². The molecule has 0 bridgehead atoms. The fourth-order valence-electron chi connectivity index (χ4n) is 6.75. The van der Waals surface area contributed by atoms with Gasteiger partial charge in [0.05, 0.1) is 55.4 Å². The number of amides is 4. The van der Waals surface area contributed by atoms with E-state index in [9.17, 15) is 28.0 Å². The SMILES string of the molecule is COC(=O)NCC(=O)N(Cc1nc2ccc(-c3ccc4c(ccc5[nH]c([C@@H]6CCCN6C(=O)C(NC(=O)OC)C(C)C)nc54)c3)cc2[nH]1)CC(C)(F)F. The molecule has 6 rings (SSSR count). The first-order valence-electron chi connectivity index (χ1n) is 17.3. The van der Waals surface area contributed by atoms with E-state index < -0.39 is 43.1 Å². The number of alkyl halides is 2. The Morgan fingerprint density at radius 3 is 2.43 bits per heavy atom. The maximum absolute atomic E-state index is 14.0. The zero-order chi connectivity index (χ0) is 38.0. The second-order valence-corrected chi connectivity index (χ2v) is 13.6. The van der Waals surface area contributed by atoms with E-state index in [4.69, 9.17) is 9.72 Å². The molecule has 1 aliphatic heterocycles. The third kappa shape index (κ3) is 8.16. The van der Waals surface area contributed by atoms with Crippen LogP contribution in [0, 0.1) is 5.92 Å². The Bertz CT molecular complexity index is 2180. The zero-order valence-corrected chi connectivity index (χ0v) is 30.1. The lowest BCUT2D eigenvalue weighted by atomic mass is 10.0. The van der Waals surface area contributed by atoms with Gasteiger partial charge in [0.2, 0.25) is 11.8 Å². The molecule has 0 spiro atoms. The van der Waals surface area contributed by atoms with Gasteiger partial charge in [-0.15, -0.1) is 0 Å². The quantitative estimate of drug-likeness (QED) is 0.135. The number of fused-ring (bicyclic) bond motifs is 4. The summed E-state index contributed by atoms with van der Waals surface area (Å²) in [6.45, 7) is 3.44. The first kappa shape index (κ1) is 37.0. The van der Waals surface area contributed by atoms with Gasteiger partial charge in [0.15, 0.2) is 0 Å². The predicted molar refractivity (Wildman–Crippen MR) is 193 cm³/mol. The smallest absolute Gasteiger partial charge is 0.407 e. The summed E-state index contributed by atoms with van der Waals surface area (Å²) in [5.74, 6) is -3.20. The molecule has 53 heavy (non-hydrogen) atoms. The van der Waals surface area contributed by atoms with Crippen molar-refractivity contribution in [3.8, 4) is 11.1 Å². The predicted octanol–water partition coefficient (Wildman–Crippen LogP) is 5.64. The second kappa shape index (κ2) is 15.0. The van der Waals surface area contributed by atoms with E-state index in [1.54, 1.807) is 4.90 Å². The number of aromatic amines is 2. The number of carbonyl (C=O) groups is 4. The number of halogens is 2. The fourth-order valence-corrected chi connectivity index (χ4v) is 6.75. The van der Waals surface area contributed by atoms with Gasteiger partial charge in [-0.1, -0.05) is 38.1 Å². The number of likely N-dealkylation sites (tertiary alicyclic amines) is 1. The van der Waals surface area contributed by atoms with Gasteiger partial charge in [0.1, 0.15) is 24.2 Å². The molecule has 1 aliphatic rings. The zero-order valence-electron chi connectivity index (χ0n) is 30.1. The van der Waals surface area contributed by atoms with Crippen LogP contribution in [-0.4, -0.2) is 99.6 Å². The lowest BCUT2D eigenvalue weighted by Gasteiger charge is -2.29. The van der Waals surface area contributed by atoms with Crippen LogP contribution in [0.4, 0.5) is 18.4 Å². The molecule has 1 saturated heterocycles. The molecule has 5 aromatic rings. The maximum atomic E-state index is 14.0. The molecular formula is C37H42F2N8O6. The normalized spacial score (nSPS) is 15.2. The Morgan fingerprint density at radius 2 is 1.72 bits per heavy atom. The first-order valence-corrected chi connectivity index (χ1v) is 17.3. The number of benzene rings is 3. The second-order valence-electron chi connectivity index (χ2n) is 13.6. The molecule has 1 unspecified atom stereocenters. The number of nitrogens with zero attached hydrogens (tertiary/aromatic N) is 4. The van der Waals surface area contributed by atoms with Crippen LogP contribution in [0.25, 0.3) is 44.0 Å². The number of H-pyrrole nitrogens is 2. The number of nitrogens with one attached hydrogen (secondary N) is 4. The van der Waals surface area contributed by atoms with Crippen molar-refractivity contribution in [1.29, 1.82) is 0 Å². The number of alkyl carbamates (subject to hydrolysis) is 2. The van der Waals surface area contributed by atoms with Gasteiger partial charge >= 0.3 is 12.2 Å². The van der Waals surface area contributed by atoms with Crippen molar-refractivity contribution in [2.75, 3.05) is 33.9 Å². The number of hydrogen-bond donors (Lipinski definition) is 4. The number of imidazole rings is 2. The molecule has 14 nitrogen and oxygen atoms in total. The summed E-state index contributed by atoms with van der Waals surface area (Å²) in [5.41, 5.74) is 4.68. The molecule has 1 fully saturated rings. The van der Waals surface area contributed by atoms with Gasteiger partial charge < -0.3 is 39.9 Å². The summed E-state index contributed by atoms with van der Waals surface area (Å²) >= 11 is 0. The molecule has 16 heteroatoms. The maximum Gasteiger partial charge on any atom is 0.407 e. The Kier molecular flexibility index (Phi) is 10.5. The minimum absolute atomic E-state index is 0.140. The topological polar surface area (TPSA) is 175 Å². The molecule has 4 N–H and O–H groups in total. The van der Waals surface area contributed by atoms with Crippen LogP contribution in [0.5, 0.6) is 0 Å². The Hall–Kier alpha value is -5.80. The summed E-state index contributed by atoms with van der Waals surface area (Å²) < 4.78 is 37.2. The lowest BCUT2D eigenvalue weighted by Crippen LogP contribution is -2.51. The number of ether oxygens (including phenoxy) is 2.